The zero-order chi connectivity index (χ0) is 17.2. The van der Waals surface area contributed by atoms with Crippen molar-refractivity contribution in [2.75, 3.05) is 24.2 Å². The maximum atomic E-state index is 11.9. The molecular weight excluding hydrogens is 326 g/mol. The average Bonchev–Trinajstić information content (AvgIpc) is 2.52. The van der Waals surface area contributed by atoms with Gasteiger partial charge in [-0.1, -0.05) is 18.5 Å². The lowest BCUT2D eigenvalue weighted by Crippen LogP contribution is -2.27. The van der Waals surface area contributed by atoms with Gasteiger partial charge >= 0.3 is 6.09 Å². The highest BCUT2D eigenvalue weighted by Crippen LogP contribution is 2.20. The molecule has 1 heterocycles. The standard InChI is InChI=1S/C12H18ClN7O3/c1-3-5-15-10-8(13)18-7(9(14)19-10)11(21)16-6-17-20-12(22)23-4-2/h6H,3-5H2,1-2H3,(H,20,22)(H3,14,15,19)(H,16,17,21). The number of hydrogen-bond donors (Lipinski definition) is 4. The van der Waals surface area contributed by atoms with Gasteiger partial charge < -0.3 is 21.1 Å². The number of ether oxygens (including phenoxy) is 1. The van der Waals surface area contributed by atoms with E-state index in [1.54, 1.807) is 6.92 Å². The van der Waals surface area contributed by atoms with E-state index >= 15 is 0 Å². The summed E-state index contributed by atoms with van der Waals surface area (Å²) in [5.74, 6) is -0.453. The van der Waals surface area contributed by atoms with Gasteiger partial charge in [-0.3, -0.25) is 4.79 Å². The van der Waals surface area contributed by atoms with Crippen molar-refractivity contribution in [3.05, 3.63) is 10.8 Å². The van der Waals surface area contributed by atoms with Crippen LogP contribution in [-0.4, -0.2) is 41.5 Å². The molecule has 0 atom stereocenters. The Hall–Kier alpha value is -2.62. The molecule has 126 valence electrons. The van der Waals surface area contributed by atoms with Crippen LogP contribution in [0.3, 0.4) is 0 Å². The van der Waals surface area contributed by atoms with Crippen molar-refractivity contribution in [1.82, 2.24) is 20.7 Å². The molecule has 1 aromatic rings. The number of nitrogens with two attached hydrogens (primary N) is 1. The van der Waals surface area contributed by atoms with E-state index in [0.29, 0.717) is 12.4 Å². The second-order valence-corrected chi connectivity index (χ2v) is 4.45. The zero-order valence-corrected chi connectivity index (χ0v) is 13.5. The van der Waals surface area contributed by atoms with E-state index in [1.165, 1.54) is 0 Å². The van der Waals surface area contributed by atoms with Gasteiger partial charge in [-0.25, -0.2) is 20.2 Å². The molecule has 0 bridgehead atoms. The number of rotatable bonds is 7. The molecule has 0 fully saturated rings. The molecule has 0 radical (unpaired) electrons. The minimum absolute atomic E-state index is 0.0272. The first-order valence-corrected chi connectivity index (χ1v) is 7.19. The molecule has 0 spiro atoms. The number of nitrogen functional groups attached to an aromatic ring is 1. The van der Waals surface area contributed by atoms with E-state index in [-0.39, 0.29) is 23.3 Å². The van der Waals surface area contributed by atoms with Crippen LogP contribution in [0.2, 0.25) is 5.15 Å². The van der Waals surface area contributed by atoms with Gasteiger partial charge in [-0.05, 0) is 13.3 Å². The summed E-state index contributed by atoms with van der Waals surface area (Å²) in [6, 6.07) is 0. The number of nitrogens with zero attached hydrogens (tertiary/aromatic N) is 3. The Kier molecular flexibility index (Phi) is 7.54. The summed E-state index contributed by atoms with van der Waals surface area (Å²) in [5, 5.41) is 8.68. The van der Waals surface area contributed by atoms with Gasteiger partial charge in [0.15, 0.2) is 22.5 Å². The van der Waals surface area contributed by atoms with Gasteiger partial charge in [0.1, 0.15) is 6.34 Å². The summed E-state index contributed by atoms with van der Waals surface area (Å²) >= 11 is 5.94. The normalized spacial score (nSPS) is 10.4. The van der Waals surface area contributed by atoms with Gasteiger partial charge in [0.05, 0.1) is 6.61 Å². The van der Waals surface area contributed by atoms with Gasteiger partial charge in [-0.2, -0.15) is 5.10 Å². The third kappa shape index (κ3) is 5.94. The van der Waals surface area contributed by atoms with Crippen LogP contribution in [0.25, 0.3) is 0 Å². The lowest BCUT2D eigenvalue weighted by atomic mass is 10.4. The molecule has 10 nitrogen and oxygen atoms in total. The maximum Gasteiger partial charge on any atom is 0.427 e. The van der Waals surface area contributed by atoms with E-state index in [0.717, 1.165) is 12.8 Å². The molecule has 2 amide bonds. The number of nitrogens with one attached hydrogen (secondary N) is 3. The van der Waals surface area contributed by atoms with Crippen molar-refractivity contribution in [3.63, 3.8) is 0 Å². The third-order valence-corrected chi connectivity index (χ3v) is 2.59. The van der Waals surface area contributed by atoms with Crippen molar-refractivity contribution >= 4 is 41.6 Å². The first-order valence-electron chi connectivity index (χ1n) is 6.81. The summed E-state index contributed by atoms with van der Waals surface area (Å²) < 4.78 is 4.57. The highest BCUT2D eigenvalue weighted by atomic mass is 35.5. The minimum atomic E-state index is -0.744. The molecule has 0 unspecified atom stereocenters. The SMILES string of the molecule is CCCNc1nc(N)c(C(=O)NC=NNC(=O)OCC)nc1Cl. The number of hydrazone groups is 1. The highest BCUT2D eigenvalue weighted by molar-refractivity contribution is 6.32. The van der Waals surface area contributed by atoms with Gasteiger partial charge in [-0.15, -0.1) is 0 Å². The molecule has 0 aliphatic heterocycles. The van der Waals surface area contributed by atoms with Crippen molar-refractivity contribution in [2.24, 2.45) is 5.10 Å². The molecule has 0 aliphatic carbocycles. The van der Waals surface area contributed by atoms with Gasteiger partial charge in [0, 0.05) is 6.54 Å². The first kappa shape index (κ1) is 18.4. The largest absolute Gasteiger partial charge is 0.449 e. The molecule has 23 heavy (non-hydrogen) atoms. The molecule has 1 rings (SSSR count). The Bertz CT molecular complexity index is 594. The Balaban J connectivity index is 2.67. The van der Waals surface area contributed by atoms with Crippen molar-refractivity contribution in [3.8, 4) is 0 Å². The first-order chi connectivity index (χ1) is 11.0. The average molecular weight is 344 g/mol. The summed E-state index contributed by atoms with van der Waals surface area (Å²) in [6.45, 7) is 4.47. The van der Waals surface area contributed by atoms with E-state index in [9.17, 15) is 9.59 Å². The van der Waals surface area contributed by atoms with Crippen LogP contribution in [-0.2, 0) is 4.74 Å². The number of aromatic nitrogens is 2. The van der Waals surface area contributed by atoms with Crippen LogP contribution in [0.5, 0.6) is 0 Å². The number of carbonyl (C=O) groups excluding carboxylic acids is 2. The van der Waals surface area contributed by atoms with E-state index in [2.05, 4.69) is 30.4 Å². The van der Waals surface area contributed by atoms with Crippen molar-refractivity contribution < 1.29 is 14.3 Å². The molecule has 0 saturated carbocycles. The van der Waals surface area contributed by atoms with Gasteiger partial charge in [0.25, 0.3) is 5.91 Å². The Morgan fingerprint density at radius 3 is 2.78 bits per heavy atom. The summed E-state index contributed by atoms with van der Waals surface area (Å²) in [6.07, 6.45) is 1.08. The smallest absolute Gasteiger partial charge is 0.427 e. The predicted molar refractivity (Wildman–Crippen MR) is 86.4 cm³/mol. The Morgan fingerprint density at radius 2 is 2.13 bits per heavy atom. The number of amides is 2. The monoisotopic (exact) mass is 343 g/mol. The second kappa shape index (κ2) is 9.41. The van der Waals surface area contributed by atoms with Crippen LogP contribution >= 0.6 is 11.6 Å². The lowest BCUT2D eigenvalue weighted by Gasteiger charge is -2.09. The van der Waals surface area contributed by atoms with E-state index < -0.39 is 12.0 Å². The Labute approximate surface area is 137 Å². The van der Waals surface area contributed by atoms with Crippen LogP contribution < -0.4 is 21.8 Å². The number of carbonyl (C=O) groups is 2. The molecule has 0 aliphatic rings. The molecule has 0 aromatic carbocycles. The quantitative estimate of drug-likeness (QED) is 0.328. The molecule has 1 aromatic heterocycles. The van der Waals surface area contributed by atoms with E-state index in [1.807, 2.05) is 12.3 Å². The summed E-state index contributed by atoms with van der Waals surface area (Å²) in [7, 11) is 0. The summed E-state index contributed by atoms with van der Waals surface area (Å²) in [5.41, 5.74) is 7.57. The van der Waals surface area contributed by atoms with E-state index in [4.69, 9.17) is 17.3 Å². The predicted octanol–water partition coefficient (Wildman–Crippen LogP) is 0.953. The zero-order valence-electron chi connectivity index (χ0n) is 12.7. The fourth-order valence-corrected chi connectivity index (χ4v) is 1.55. The molecular formula is C12H18ClN7O3. The number of anilines is 2. The van der Waals surface area contributed by atoms with Crippen LogP contribution in [0, 0.1) is 0 Å². The second-order valence-electron chi connectivity index (χ2n) is 4.09. The molecule has 11 heteroatoms. The third-order valence-electron chi connectivity index (χ3n) is 2.33. The minimum Gasteiger partial charge on any atom is -0.449 e. The maximum absolute atomic E-state index is 11.9. The number of hydrogen-bond acceptors (Lipinski definition) is 8. The van der Waals surface area contributed by atoms with Crippen LogP contribution in [0.4, 0.5) is 16.4 Å². The van der Waals surface area contributed by atoms with Crippen molar-refractivity contribution in [1.29, 1.82) is 0 Å². The fraction of sp³-hybridized carbons (Fsp3) is 0.417. The van der Waals surface area contributed by atoms with Crippen molar-refractivity contribution in [2.45, 2.75) is 20.3 Å². The molecule has 5 N–H and O–H groups in total. The lowest BCUT2D eigenvalue weighted by molar-refractivity contribution is 0.0973. The summed E-state index contributed by atoms with van der Waals surface area (Å²) in [4.78, 5) is 30.7. The van der Waals surface area contributed by atoms with Crippen LogP contribution in [0.1, 0.15) is 30.8 Å². The molecule has 0 saturated heterocycles. The Morgan fingerprint density at radius 1 is 1.39 bits per heavy atom. The van der Waals surface area contributed by atoms with Gasteiger partial charge in [0.2, 0.25) is 0 Å². The highest BCUT2D eigenvalue weighted by Gasteiger charge is 2.16. The fourth-order valence-electron chi connectivity index (χ4n) is 1.36. The van der Waals surface area contributed by atoms with Crippen LogP contribution in [0.15, 0.2) is 5.10 Å². The number of halogens is 1. The topological polar surface area (TPSA) is 144 Å².